The first-order valence-electron chi connectivity index (χ1n) is 8.34. The van der Waals surface area contributed by atoms with Gasteiger partial charge >= 0.3 is 0 Å². The zero-order valence-electron chi connectivity index (χ0n) is 14.3. The van der Waals surface area contributed by atoms with E-state index in [0.29, 0.717) is 12.0 Å². The van der Waals surface area contributed by atoms with Gasteiger partial charge in [-0.15, -0.1) is 0 Å². The molecule has 0 bridgehead atoms. The Labute approximate surface area is 147 Å². The highest BCUT2D eigenvalue weighted by Crippen LogP contribution is 2.22. The smallest absolute Gasteiger partial charge is 0.224 e. The number of aromatic nitrogens is 2. The van der Waals surface area contributed by atoms with Crippen LogP contribution in [0.1, 0.15) is 17.7 Å². The Bertz CT molecular complexity index is 648. The second kappa shape index (κ2) is 7.92. The summed E-state index contributed by atoms with van der Waals surface area (Å²) < 4.78 is 0. The first-order chi connectivity index (χ1) is 11.7. The van der Waals surface area contributed by atoms with Crippen molar-refractivity contribution in [1.29, 1.82) is 0 Å². The van der Waals surface area contributed by atoms with Crippen LogP contribution in [0.2, 0.25) is 0 Å². The van der Waals surface area contributed by atoms with E-state index in [1.54, 1.807) is 11.3 Å². The van der Waals surface area contributed by atoms with E-state index in [0.717, 1.165) is 44.1 Å². The zero-order valence-corrected chi connectivity index (χ0v) is 15.1. The standard InChI is InChI=1S/C17H25N5OS/c1-13-9-16(20-17(18-2)19-13)22-6-5-21(15(11-22)3-7-23)10-14-4-8-24-12-14/h4,8-9,12,15,23H,3,5-7,10-11H2,1-2H3,(H,18,19,20)/t15-/m0/s1. The van der Waals surface area contributed by atoms with Crippen LogP contribution in [0.15, 0.2) is 22.9 Å². The molecule has 0 aliphatic carbocycles. The highest BCUT2D eigenvalue weighted by atomic mass is 32.1. The van der Waals surface area contributed by atoms with E-state index in [1.807, 2.05) is 20.0 Å². The van der Waals surface area contributed by atoms with E-state index in [1.165, 1.54) is 5.56 Å². The molecule has 0 radical (unpaired) electrons. The molecule has 2 N–H and O–H groups in total. The van der Waals surface area contributed by atoms with Crippen molar-refractivity contribution >= 4 is 23.1 Å². The number of aliphatic hydroxyl groups excluding tert-OH is 1. The molecule has 6 nitrogen and oxygen atoms in total. The molecule has 2 aromatic heterocycles. The Hall–Kier alpha value is -1.70. The van der Waals surface area contributed by atoms with Gasteiger partial charge in [-0.25, -0.2) is 4.98 Å². The van der Waals surface area contributed by atoms with Crippen LogP contribution < -0.4 is 10.2 Å². The maximum atomic E-state index is 9.47. The van der Waals surface area contributed by atoms with E-state index in [2.05, 4.69) is 41.9 Å². The van der Waals surface area contributed by atoms with E-state index < -0.39 is 0 Å². The summed E-state index contributed by atoms with van der Waals surface area (Å²) in [5, 5.41) is 16.8. The van der Waals surface area contributed by atoms with Gasteiger partial charge in [0.2, 0.25) is 5.95 Å². The normalized spacial score (nSPS) is 18.8. The molecule has 2 aromatic rings. The largest absolute Gasteiger partial charge is 0.396 e. The van der Waals surface area contributed by atoms with Crippen molar-refractivity contribution in [2.75, 3.05) is 43.5 Å². The summed E-state index contributed by atoms with van der Waals surface area (Å²) in [7, 11) is 1.84. The highest BCUT2D eigenvalue weighted by molar-refractivity contribution is 7.07. The number of hydrogen-bond donors (Lipinski definition) is 2. The van der Waals surface area contributed by atoms with Crippen LogP contribution in [-0.4, -0.2) is 59.3 Å². The maximum absolute atomic E-state index is 9.47. The molecule has 0 saturated carbocycles. The number of thiophene rings is 1. The lowest BCUT2D eigenvalue weighted by molar-refractivity contribution is 0.135. The van der Waals surface area contributed by atoms with Crippen molar-refractivity contribution in [3.63, 3.8) is 0 Å². The zero-order chi connectivity index (χ0) is 16.9. The molecule has 3 rings (SSSR count). The van der Waals surface area contributed by atoms with Crippen molar-refractivity contribution in [3.8, 4) is 0 Å². The lowest BCUT2D eigenvalue weighted by Crippen LogP contribution is -2.53. The predicted octanol–water partition coefficient (Wildman–Crippen LogP) is 1.96. The fourth-order valence-corrected chi connectivity index (χ4v) is 3.83. The summed E-state index contributed by atoms with van der Waals surface area (Å²) >= 11 is 1.74. The van der Waals surface area contributed by atoms with Gasteiger partial charge in [-0.2, -0.15) is 16.3 Å². The number of nitrogens with one attached hydrogen (secondary N) is 1. The molecule has 1 aliphatic rings. The highest BCUT2D eigenvalue weighted by Gasteiger charge is 2.27. The molecule has 130 valence electrons. The molecule has 24 heavy (non-hydrogen) atoms. The van der Waals surface area contributed by atoms with Crippen molar-refractivity contribution in [2.45, 2.75) is 25.9 Å². The Kier molecular flexibility index (Phi) is 5.65. The molecular formula is C17H25N5OS. The minimum atomic E-state index is 0.212. The van der Waals surface area contributed by atoms with Crippen LogP contribution >= 0.6 is 11.3 Å². The topological polar surface area (TPSA) is 64.5 Å². The van der Waals surface area contributed by atoms with Crippen LogP contribution in [0, 0.1) is 6.92 Å². The van der Waals surface area contributed by atoms with Gasteiger partial charge in [0.05, 0.1) is 0 Å². The molecule has 0 unspecified atom stereocenters. The molecule has 1 saturated heterocycles. The van der Waals surface area contributed by atoms with Gasteiger partial charge in [-0.3, -0.25) is 4.90 Å². The molecule has 0 aromatic carbocycles. The maximum Gasteiger partial charge on any atom is 0.224 e. The van der Waals surface area contributed by atoms with Crippen LogP contribution in [0.3, 0.4) is 0 Å². The number of aryl methyl sites for hydroxylation is 1. The third kappa shape index (κ3) is 4.03. The number of aliphatic hydroxyl groups is 1. The third-order valence-corrected chi connectivity index (χ3v) is 5.15. The second-order valence-corrected chi connectivity index (χ2v) is 6.94. The van der Waals surface area contributed by atoms with Gasteiger partial charge < -0.3 is 15.3 Å². The average Bonchev–Trinajstić information content (AvgIpc) is 3.09. The van der Waals surface area contributed by atoms with E-state index in [9.17, 15) is 5.11 Å². The number of hydrogen-bond acceptors (Lipinski definition) is 7. The van der Waals surface area contributed by atoms with Crippen LogP contribution in [0.25, 0.3) is 0 Å². The van der Waals surface area contributed by atoms with Gasteiger partial charge in [0.15, 0.2) is 0 Å². The van der Waals surface area contributed by atoms with Crippen LogP contribution in [0.5, 0.6) is 0 Å². The first-order valence-corrected chi connectivity index (χ1v) is 9.28. The first kappa shape index (κ1) is 17.1. The van der Waals surface area contributed by atoms with Crippen LogP contribution in [-0.2, 0) is 6.54 Å². The third-order valence-electron chi connectivity index (χ3n) is 4.42. The summed E-state index contributed by atoms with van der Waals surface area (Å²) in [6.07, 6.45) is 0.781. The Balaban J connectivity index is 1.73. The summed E-state index contributed by atoms with van der Waals surface area (Å²) in [6.45, 7) is 5.94. The van der Waals surface area contributed by atoms with Gasteiger partial charge in [0.1, 0.15) is 5.82 Å². The van der Waals surface area contributed by atoms with Crippen molar-refractivity contribution in [3.05, 3.63) is 34.2 Å². The Morgan fingerprint density at radius 3 is 2.96 bits per heavy atom. The average molecular weight is 347 g/mol. The summed E-state index contributed by atoms with van der Waals surface area (Å²) in [5.41, 5.74) is 2.32. The van der Waals surface area contributed by atoms with E-state index in [-0.39, 0.29) is 6.61 Å². The van der Waals surface area contributed by atoms with E-state index >= 15 is 0 Å². The summed E-state index contributed by atoms with van der Waals surface area (Å²) in [6, 6.07) is 4.54. The summed E-state index contributed by atoms with van der Waals surface area (Å²) in [5.74, 6) is 1.62. The number of piperazine rings is 1. The Morgan fingerprint density at radius 1 is 1.38 bits per heavy atom. The molecular weight excluding hydrogens is 322 g/mol. The van der Waals surface area contributed by atoms with Gasteiger partial charge in [-0.05, 0) is 35.7 Å². The lowest BCUT2D eigenvalue weighted by Gasteiger charge is -2.42. The van der Waals surface area contributed by atoms with Crippen LogP contribution in [0.4, 0.5) is 11.8 Å². The fourth-order valence-electron chi connectivity index (χ4n) is 3.17. The SMILES string of the molecule is CNc1nc(C)cc(N2CCN(Cc3ccsc3)[C@@H](CCO)C2)n1. The molecule has 1 fully saturated rings. The summed E-state index contributed by atoms with van der Waals surface area (Å²) in [4.78, 5) is 13.7. The molecule has 7 heteroatoms. The quantitative estimate of drug-likeness (QED) is 0.833. The lowest BCUT2D eigenvalue weighted by atomic mass is 10.1. The van der Waals surface area contributed by atoms with Crippen molar-refractivity contribution in [2.24, 2.45) is 0 Å². The number of nitrogens with zero attached hydrogens (tertiary/aromatic N) is 4. The van der Waals surface area contributed by atoms with Gasteiger partial charge in [-0.1, -0.05) is 0 Å². The second-order valence-electron chi connectivity index (χ2n) is 6.16. The Morgan fingerprint density at radius 2 is 2.25 bits per heavy atom. The minimum Gasteiger partial charge on any atom is -0.396 e. The monoisotopic (exact) mass is 347 g/mol. The molecule has 1 aliphatic heterocycles. The molecule has 3 heterocycles. The van der Waals surface area contributed by atoms with Gasteiger partial charge in [0, 0.05) is 57.6 Å². The molecule has 0 amide bonds. The number of rotatable bonds is 6. The van der Waals surface area contributed by atoms with E-state index in [4.69, 9.17) is 0 Å². The fraction of sp³-hybridized carbons (Fsp3) is 0.529. The van der Waals surface area contributed by atoms with Crippen molar-refractivity contribution < 1.29 is 5.11 Å². The minimum absolute atomic E-state index is 0.212. The molecule has 1 atom stereocenters. The number of anilines is 2. The van der Waals surface area contributed by atoms with Crippen molar-refractivity contribution in [1.82, 2.24) is 14.9 Å². The predicted molar refractivity (Wildman–Crippen MR) is 98.7 cm³/mol. The van der Waals surface area contributed by atoms with Gasteiger partial charge in [0.25, 0.3) is 0 Å². The molecule has 0 spiro atoms.